The second-order valence-corrected chi connectivity index (χ2v) is 22.7. The van der Waals surface area contributed by atoms with Crippen molar-refractivity contribution in [3.05, 3.63) is 60.8 Å². The summed E-state index contributed by atoms with van der Waals surface area (Å²) < 4.78 is 28.5. The molecule has 1 heterocycles. The van der Waals surface area contributed by atoms with Gasteiger partial charge in [0, 0.05) is 19.3 Å². The number of allylic oxidation sites excluding steroid dienone is 10. The van der Waals surface area contributed by atoms with Crippen LogP contribution in [-0.2, 0) is 42.9 Å². The summed E-state index contributed by atoms with van der Waals surface area (Å²) in [5, 5.41) is 31.6. The third kappa shape index (κ3) is 46.5. The van der Waals surface area contributed by atoms with E-state index in [0.717, 1.165) is 89.9 Å². The summed E-state index contributed by atoms with van der Waals surface area (Å²) in [6, 6.07) is 0. The summed E-state index contributed by atoms with van der Waals surface area (Å²) in [6.07, 6.45) is 58.9. The highest BCUT2D eigenvalue weighted by Gasteiger charge is 2.50. The maximum Gasteiger partial charge on any atom is 0.335 e. The first-order valence-electron chi connectivity index (χ1n) is 33.3. The van der Waals surface area contributed by atoms with Gasteiger partial charge in [-0.15, -0.1) is 0 Å². The molecule has 0 saturated carbocycles. The van der Waals surface area contributed by atoms with Crippen molar-refractivity contribution < 1.29 is 58.2 Å². The minimum absolute atomic E-state index is 0.0228. The van der Waals surface area contributed by atoms with Crippen LogP contribution in [0.3, 0.4) is 0 Å². The first kappa shape index (κ1) is 75.4. The standard InChI is InChI=1S/C69H120O12/c1-4-7-10-13-16-19-22-25-27-29-31-33-35-38-40-43-46-49-52-55-61(70)77-58-60(79-62(71)56-53-50-47-44-41-37-24-21-18-15-12-9-6-3)59-78-69-67(65(74)64(73)66(81-69)68(75)76)80-63(72)57-54-51-48-45-42-39-36-34-32-30-28-26-23-20-17-14-11-8-5-2/h8,11,17,20,26,28,32,34,39,42,60,64-67,69,73-74H,4-7,9-10,12-16,18-19,21-25,27,29-31,33,35-38,40-41,43-59H2,1-3H3,(H,75,76)/b11-8-,20-17-,28-26-,34-32-,42-39-. The third-order valence-electron chi connectivity index (χ3n) is 15.1. The van der Waals surface area contributed by atoms with Crippen LogP contribution in [0.5, 0.6) is 0 Å². The van der Waals surface area contributed by atoms with Gasteiger partial charge in [0.25, 0.3) is 0 Å². The molecule has 0 aromatic carbocycles. The monoisotopic (exact) mass is 1140 g/mol. The van der Waals surface area contributed by atoms with Crippen molar-refractivity contribution in [2.75, 3.05) is 13.2 Å². The number of aliphatic hydroxyl groups excluding tert-OH is 2. The lowest BCUT2D eigenvalue weighted by atomic mass is 9.98. The number of ether oxygens (including phenoxy) is 5. The van der Waals surface area contributed by atoms with Crippen molar-refractivity contribution >= 4 is 23.9 Å². The van der Waals surface area contributed by atoms with Crippen LogP contribution in [0.15, 0.2) is 60.8 Å². The molecule has 6 unspecified atom stereocenters. The molecule has 0 radical (unpaired) electrons. The predicted molar refractivity (Wildman–Crippen MR) is 331 cm³/mol. The van der Waals surface area contributed by atoms with E-state index in [1.54, 1.807) is 0 Å². The van der Waals surface area contributed by atoms with Crippen molar-refractivity contribution in [2.24, 2.45) is 0 Å². The number of carbonyl (C=O) groups excluding carboxylic acids is 3. The molecule has 0 amide bonds. The number of esters is 3. The van der Waals surface area contributed by atoms with Gasteiger partial charge in [-0.3, -0.25) is 14.4 Å². The van der Waals surface area contributed by atoms with Gasteiger partial charge in [-0.05, 0) is 64.2 Å². The minimum atomic E-state index is -1.91. The zero-order valence-corrected chi connectivity index (χ0v) is 51.8. The largest absolute Gasteiger partial charge is 0.479 e. The number of carbonyl (C=O) groups is 4. The Morgan fingerprint density at radius 3 is 1.19 bits per heavy atom. The van der Waals surface area contributed by atoms with Gasteiger partial charge in [0.1, 0.15) is 18.8 Å². The normalized spacial score (nSPS) is 18.1. The van der Waals surface area contributed by atoms with Gasteiger partial charge >= 0.3 is 23.9 Å². The molecule has 12 nitrogen and oxygen atoms in total. The molecule has 1 saturated heterocycles. The molecule has 1 aliphatic rings. The molecule has 1 aliphatic heterocycles. The molecule has 0 aromatic heterocycles. The Labute approximate surface area is 494 Å². The Hall–Kier alpha value is -3.58. The SMILES string of the molecule is CC/C=C\C/C=C\C/C=C\C/C=C\C/C=C\CCCCCC(=O)OC1C(OCC(COC(=O)CCCCCCCCCCCCCCCCCCCCC)OC(=O)CCCCCCCCCCCCCCC)OC(C(=O)O)C(O)C1O. The second kappa shape index (κ2) is 56.9. The first-order valence-corrected chi connectivity index (χ1v) is 33.3. The maximum absolute atomic E-state index is 13.2. The average molecular weight is 1140 g/mol. The van der Waals surface area contributed by atoms with Gasteiger partial charge < -0.3 is 39.0 Å². The summed E-state index contributed by atoms with van der Waals surface area (Å²) in [5.41, 5.74) is 0. The van der Waals surface area contributed by atoms with Crippen molar-refractivity contribution in [1.82, 2.24) is 0 Å². The number of carboxylic acids is 1. The van der Waals surface area contributed by atoms with Gasteiger partial charge in [-0.2, -0.15) is 0 Å². The lowest BCUT2D eigenvalue weighted by Crippen LogP contribution is -2.61. The Morgan fingerprint density at radius 2 is 0.778 bits per heavy atom. The summed E-state index contributed by atoms with van der Waals surface area (Å²) in [7, 11) is 0. The summed E-state index contributed by atoms with van der Waals surface area (Å²) in [4.78, 5) is 51.3. The number of carboxylic acid groups (broad SMARTS) is 1. The highest BCUT2D eigenvalue weighted by molar-refractivity contribution is 5.74. The minimum Gasteiger partial charge on any atom is -0.479 e. The Bertz CT molecular complexity index is 1640. The van der Waals surface area contributed by atoms with E-state index in [4.69, 9.17) is 23.7 Å². The molecule has 1 fully saturated rings. The molecule has 0 aliphatic carbocycles. The van der Waals surface area contributed by atoms with Gasteiger partial charge in [0.15, 0.2) is 24.6 Å². The Kier molecular flexibility index (Phi) is 53.0. The quantitative estimate of drug-likeness (QED) is 0.0228. The molecule has 3 N–H and O–H groups in total. The van der Waals surface area contributed by atoms with E-state index in [0.29, 0.717) is 19.3 Å². The van der Waals surface area contributed by atoms with Crippen LogP contribution in [-0.4, -0.2) is 89.2 Å². The zero-order valence-electron chi connectivity index (χ0n) is 51.8. The van der Waals surface area contributed by atoms with Crippen molar-refractivity contribution in [3.63, 3.8) is 0 Å². The third-order valence-corrected chi connectivity index (χ3v) is 15.1. The smallest absolute Gasteiger partial charge is 0.335 e. The molecule has 0 spiro atoms. The van der Waals surface area contributed by atoms with E-state index < -0.39 is 67.3 Å². The first-order chi connectivity index (χ1) is 39.6. The Morgan fingerprint density at radius 1 is 0.420 bits per heavy atom. The fraction of sp³-hybridized carbons (Fsp3) is 0.797. The maximum atomic E-state index is 13.2. The van der Waals surface area contributed by atoms with E-state index in [9.17, 15) is 34.5 Å². The topological polar surface area (TPSA) is 175 Å². The molecule has 12 heteroatoms. The number of hydrogen-bond acceptors (Lipinski definition) is 11. The molecule has 468 valence electrons. The molecule has 81 heavy (non-hydrogen) atoms. The van der Waals surface area contributed by atoms with Gasteiger partial charge in [0.05, 0.1) is 6.61 Å². The van der Waals surface area contributed by atoms with E-state index in [1.165, 1.54) is 154 Å². The van der Waals surface area contributed by atoms with Crippen LogP contribution in [0.25, 0.3) is 0 Å². The van der Waals surface area contributed by atoms with Crippen LogP contribution in [0, 0.1) is 0 Å². The lowest BCUT2D eigenvalue weighted by molar-refractivity contribution is -0.301. The molecule has 1 rings (SSSR count). The van der Waals surface area contributed by atoms with Crippen LogP contribution in [0.4, 0.5) is 0 Å². The number of aliphatic carboxylic acids is 1. The number of hydrogen-bond donors (Lipinski definition) is 3. The number of unbranched alkanes of at least 4 members (excludes halogenated alkanes) is 33. The van der Waals surface area contributed by atoms with E-state index in [1.807, 2.05) is 0 Å². The number of rotatable bonds is 57. The van der Waals surface area contributed by atoms with E-state index in [-0.39, 0.29) is 25.9 Å². The summed E-state index contributed by atoms with van der Waals surface area (Å²) >= 11 is 0. The fourth-order valence-electron chi connectivity index (χ4n) is 10.0. The summed E-state index contributed by atoms with van der Waals surface area (Å²) in [5.74, 6) is -3.13. The van der Waals surface area contributed by atoms with Crippen molar-refractivity contribution in [2.45, 2.75) is 340 Å². The molecule has 0 aromatic rings. The zero-order chi connectivity index (χ0) is 58.9. The van der Waals surface area contributed by atoms with E-state index in [2.05, 4.69) is 81.5 Å². The number of aliphatic hydroxyl groups is 2. The van der Waals surface area contributed by atoms with Crippen LogP contribution >= 0.6 is 0 Å². The fourth-order valence-corrected chi connectivity index (χ4v) is 10.0. The molecule has 6 atom stereocenters. The van der Waals surface area contributed by atoms with Crippen molar-refractivity contribution in [1.29, 1.82) is 0 Å². The lowest BCUT2D eigenvalue weighted by Gasteiger charge is -2.40. The second-order valence-electron chi connectivity index (χ2n) is 22.7. The van der Waals surface area contributed by atoms with Gasteiger partial charge in [0.2, 0.25) is 0 Å². The highest BCUT2D eigenvalue weighted by atomic mass is 16.7. The summed E-state index contributed by atoms with van der Waals surface area (Å²) in [6.45, 7) is 5.91. The van der Waals surface area contributed by atoms with E-state index >= 15 is 0 Å². The highest BCUT2D eigenvalue weighted by Crippen LogP contribution is 2.27. The van der Waals surface area contributed by atoms with Crippen molar-refractivity contribution in [3.8, 4) is 0 Å². The molecular weight excluding hydrogens is 1020 g/mol. The predicted octanol–water partition coefficient (Wildman–Crippen LogP) is 17.9. The van der Waals surface area contributed by atoms with Crippen LogP contribution in [0.2, 0.25) is 0 Å². The average Bonchev–Trinajstić information content (AvgIpc) is 3.54. The van der Waals surface area contributed by atoms with Crippen LogP contribution < -0.4 is 0 Å². The molecular formula is C69H120O12. The Balaban J connectivity index is 2.64. The van der Waals surface area contributed by atoms with Gasteiger partial charge in [-0.25, -0.2) is 4.79 Å². The van der Waals surface area contributed by atoms with Gasteiger partial charge in [-0.1, -0.05) is 281 Å². The molecule has 0 bridgehead atoms. The van der Waals surface area contributed by atoms with Crippen LogP contribution in [0.1, 0.15) is 303 Å².